The Hall–Kier alpha value is -0.950. The van der Waals surface area contributed by atoms with Crippen LogP contribution in [0.5, 0.6) is 0 Å². The lowest BCUT2D eigenvalue weighted by molar-refractivity contribution is 0.0698. The number of alkyl halides is 4. The summed E-state index contributed by atoms with van der Waals surface area (Å²) in [6.07, 6.45) is 0. The summed E-state index contributed by atoms with van der Waals surface area (Å²) in [4.78, 5) is 12.5. The number of hydrogen-bond donors (Lipinski definition) is 1. The Bertz CT molecular complexity index is 929. The van der Waals surface area contributed by atoms with E-state index in [1.54, 1.807) is 0 Å². The molecule has 0 aliphatic carbocycles. The summed E-state index contributed by atoms with van der Waals surface area (Å²) in [5, 5.41) is 12.9. The molecule has 0 radical (unpaired) electrons. The van der Waals surface area contributed by atoms with Gasteiger partial charge in [0.25, 0.3) is 0 Å². The number of carboxylic acid groups (broad SMARTS) is 1. The van der Waals surface area contributed by atoms with Gasteiger partial charge >= 0.3 is 5.97 Å². The maximum absolute atomic E-state index is 12.5. The van der Waals surface area contributed by atoms with Gasteiger partial charge in [-0.2, -0.15) is 0 Å². The van der Waals surface area contributed by atoms with Crippen LogP contribution in [0.15, 0.2) is 54.6 Å². The van der Waals surface area contributed by atoms with Gasteiger partial charge in [-0.15, -0.1) is 0 Å². The van der Waals surface area contributed by atoms with Gasteiger partial charge in [-0.25, -0.2) is 4.79 Å². The fraction of sp³-hybridized carbons (Fsp3) is 0.174. The van der Waals surface area contributed by atoms with Crippen LogP contribution in [-0.4, -0.2) is 11.1 Å². The molecule has 3 aromatic carbocycles. The molecule has 0 saturated carbocycles. The molecule has 0 saturated heterocycles. The summed E-state index contributed by atoms with van der Waals surface area (Å²) in [7, 11) is 0. The molecule has 0 aromatic heterocycles. The average Bonchev–Trinajstić information content (AvgIpc) is 2.76. The first kappa shape index (κ1) is 22.7. The van der Waals surface area contributed by atoms with E-state index < -0.39 is 5.97 Å². The molecule has 150 valence electrons. The van der Waals surface area contributed by atoms with Gasteiger partial charge in [-0.3, -0.25) is 0 Å². The van der Waals surface area contributed by atoms with Gasteiger partial charge in [0, 0.05) is 21.3 Å². The van der Waals surface area contributed by atoms with Crippen molar-refractivity contribution in [1.82, 2.24) is 0 Å². The Morgan fingerprint density at radius 2 is 0.931 bits per heavy atom. The molecule has 0 spiro atoms. The molecule has 0 unspecified atom stereocenters. The first-order valence-electron chi connectivity index (χ1n) is 8.89. The van der Waals surface area contributed by atoms with Crippen molar-refractivity contribution in [2.45, 2.75) is 21.3 Å². The standard InChI is InChI=1S/C23H18Br4O2/c24-10-14-4-1-5-15(11-25)20(14)18-8-3-9-19(22(18)23(28)29)21-16(12-26)6-2-7-17(21)13-27/h1-9H,10-13H2,(H,28,29). The highest BCUT2D eigenvalue weighted by Crippen LogP contribution is 2.40. The zero-order valence-electron chi connectivity index (χ0n) is 15.4. The first-order chi connectivity index (χ1) is 14.1. The van der Waals surface area contributed by atoms with Gasteiger partial charge in [-0.05, 0) is 44.5 Å². The van der Waals surface area contributed by atoms with Crippen molar-refractivity contribution in [3.63, 3.8) is 0 Å². The van der Waals surface area contributed by atoms with Crippen LogP contribution in [0.3, 0.4) is 0 Å². The number of halogens is 4. The van der Waals surface area contributed by atoms with Gasteiger partial charge in [0.15, 0.2) is 0 Å². The lowest BCUT2D eigenvalue weighted by atomic mass is 9.85. The van der Waals surface area contributed by atoms with E-state index in [4.69, 9.17) is 0 Å². The molecule has 0 fully saturated rings. The number of carbonyl (C=O) groups is 1. The molecule has 6 heteroatoms. The summed E-state index contributed by atoms with van der Waals surface area (Å²) < 4.78 is 0. The van der Waals surface area contributed by atoms with Crippen molar-refractivity contribution in [3.05, 3.63) is 82.4 Å². The van der Waals surface area contributed by atoms with Gasteiger partial charge in [0.2, 0.25) is 0 Å². The molecule has 0 amide bonds. The fourth-order valence-electron chi connectivity index (χ4n) is 3.64. The second kappa shape index (κ2) is 10.4. The van der Waals surface area contributed by atoms with Crippen LogP contribution in [0.2, 0.25) is 0 Å². The lowest BCUT2D eigenvalue weighted by Gasteiger charge is -2.20. The summed E-state index contributed by atoms with van der Waals surface area (Å²) in [5.41, 5.74) is 8.02. The van der Waals surface area contributed by atoms with Crippen molar-refractivity contribution in [3.8, 4) is 22.3 Å². The van der Waals surface area contributed by atoms with Gasteiger partial charge < -0.3 is 5.11 Å². The zero-order valence-corrected chi connectivity index (χ0v) is 21.7. The highest BCUT2D eigenvalue weighted by Gasteiger charge is 2.23. The van der Waals surface area contributed by atoms with Gasteiger partial charge in [-0.1, -0.05) is 118 Å². The van der Waals surface area contributed by atoms with Crippen molar-refractivity contribution in [2.75, 3.05) is 0 Å². The van der Waals surface area contributed by atoms with Crippen LogP contribution < -0.4 is 0 Å². The fourth-order valence-corrected chi connectivity index (χ4v) is 5.51. The second-order valence-electron chi connectivity index (χ2n) is 6.47. The van der Waals surface area contributed by atoms with Crippen LogP contribution in [0, 0.1) is 0 Å². The number of benzene rings is 3. The quantitative estimate of drug-likeness (QED) is 0.263. The summed E-state index contributed by atoms with van der Waals surface area (Å²) in [5.74, 6) is -0.926. The third-order valence-electron chi connectivity index (χ3n) is 4.87. The first-order valence-corrected chi connectivity index (χ1v) is 13.4. The Morgan fingerprint density at radius 3 is 1.21 bits per heavy atom. The Morgan fingerprint density at radius 1 is 0.621 bits per heavy atom. The Balaban J connectivity index is 2.42. The van der Waals surface area contributed by atoms with E-state index in [9.17, 15) is 9.90 Å². The molecule has 0 heterocycles. The molecule has 0 aliphatic rings. The van der Waals surface area contributed by atoms with E-state index in [2.05, 4.69) is 63.7 Å². The van der Waals surface area contributed by atoms with Gasteiger partial charge in [0.05, 0.1) is 5.56 Å². The number of hydrogen-bond acceptors (Lipinski definition) is 1. The third kappa shape index (κ3) is 4.55. The minimum atomic E-state index is -0.926. The van der Waals surface area contributed by atoms with Gasteiger partial charge in [0.1, 0.15) is 0 Å². The van der Waals surface area contributed by atoms with Crippen LogP contribution in [0.25, 0.3) is 22.3 Å². The molecule has 0 atom stereocenters. The predicted octanol–water partition coefficient (Wildman–Crippen LogP) is 8.30. The van der Waals surface area contributed by atoms with Crippen molar-refractivity contribution in [1.29, 1.82) is 0 Å². The third-order valence-corrected chi connectivity index (χ3v) is 7.28. The smallest absolute Gasteiger partial charge is 0.336 e. The molecule has 2 nitrogen and oxygen atoms in total. The maximum atomic E-state index is 12.5. The van der Waals surface area contributed by atoms with E-state index in [1.165, 1.54) is 0 Å². The average molecular weight is 646 g/mol. The topological polar surface area (TPSA) is 37.3 Å². The minimum Gasteiger partial charge on any atom is -0.478 e. The van der Waals surface area contributed by atoms with Crippen molar-refractivity contribution in [2.24, 2.45) is 0 Å². The number of aromatic carboxylic acids is 1. The van der Waals surface area contributed by atoms with Crippen LogP contribution in [0.1, 0.15) is 32.6 Å². The molecule has 0 aliphatic heterocycles. The monoisotopic (exact) mass is 642 g/mol. The van der Waals surface area contributed by atoms with Crippen LogP contribution >= 0.6 is 63.7 Å². The summed E-state index contributed by atoms with van der Waals surface area (Å²) >= 11 is 14.3. The zero-order chi connectivity index (χ0) is 21.0. The molecule has 29 heavy (non-hydrogen) atoms. The second-order valence-corrected chi connectivity index (χ2v) is 8.71. The maximum Gasteiger partial charge on any atom is 0.336 e. The SMILES string of the molecule is O=C(O)c1c(-c2c(CBr)cccc2CBr)cccc1-c1c(CBr)cccc1CBr. The molecular weight excluding hydrogens is 628 g/mol. The molecule has 0 bridgehead atoms. The van der Waals surface area contributed by atoms with Crippen LogP contribution in [-0.2, 0) is 21.3 Å². The predicted molar refractivity (Wildman–Crippen MR) is 135 cm³/mol. The Kier molecular flexibility index (Phi) is 8.14. The van der Waals surface area contributed by atoms with E-state index in [1.807, 2.05) is 54.6 Å². The summed E-state index contributed by atoms with van der Waals surface area (Å²) in [6.45, 7) is 0. The van der Waals surface area contributed by atoms with E-state index in [0.717, 1.165) is 44.5 Å². The highest BCUT2D eigenvalue weighted by atomic mass is 79.9. The van der Waals surface area contributed by atoms with Crippen molar-refractivity contribution < 1.29 is 9.90 Å². The van der Waals surface area contributed by atoms with E-state index in [0.29, 0.717) is 26.9 Å². The molecule has 3 aromatic rings. The summed E-state index contributed by atoms with van der Waals surface area (Å²) in [6, 6.07) is 17.9. The normalized spacial score (nSPS) is 10.9. The lowest BCUT2D eigenvalue weighted by Crippen LogP contribution is -2.07. The van der Waals surface area contributed by atoms with E-state index in [-0.39, 0.29) is 0 Å². The molecular formula is C23H18Br4O2. The number of rotatable bonds is 7. The van der Waals surface area contributed by atoms with E-state index >= 15 is 0 Å². The Labute approximate surface area is 204 Å². The minimum absolute atomic E-state index is 0.332. The molecule has 3 rings (SSSR count). The number of carboxylic acids is 1. The largest absolute Gasteiger partial charge is 0.478 e. The van der Waals surface area contributed by atoms with Crippen molar-refractivity contribution >= 4 is 69.7 Å². The highest BCUT2D eigenvalue weighted by molar-refractivity contribution is 9.09. The van der Waals surface area contributed by atoms with Crippen LogP contribution in [0.4, 0.5) is 0 Å². The molecule has 1 N–H and O–H groups in total.